The number of aliphatic hydroxyl groups excluding tert-OH is 1. The van der Waals surface area contributed by atoms with Gasteiger partial charge in [0.2, 0.25) is 11.8 Å². The van der Waals surface area contributed by atoms with E-state index in [0.29, 0.717) is 22.3 Å². The average molecular weight is 401 g/mol. The summed E-state index contributed by atoms with van der Waals surface area (Å²) >= 11 is 0. The molecule has 1 saturated heterocycles. The van der Waals surface area contributed by atoms with Crippen molar-refractivity contribution in [1.29, 1.82) is 0 Å². The van der Waals surface area contributed by atoms with Gasteiger partial charge in [-0.15, -0.1) is 0 Å². The SMILES string of the molecule is Cc1nc2cccc(C#Cc3ccc(CO)cc3)c2c(=O)n1C1CCC(=O)NC1=O. The van der Waals surface area contributed by atoms with Crippen LogP contribution in [0.2, 0.25) is 0 Å². The van der Waals surface area contributed by atoms with Crippen molar-refractivity contribution in [3.63, 3.8) is 0 Å². The number of rotatable bonds is 2. The normalized spacial score (nSPS) is 16.1. The lowest BCUT2D eigenvalue weighted by Crippen LogP contribution is -2.45. The van der Waals surface area contributed by atoms with Crippen molar-refractivity contribution in [2.75, 3.05) is 0 Å². The third kappa shape index (κ3) is 3.61. The topological polar surface area (TPSA) is 101 Å². The quantitative estimate of drug-likeness (QED) is 0.502. The number of fused-ring (bicyclic) bond motifs is 1. The summed E-state index contributed by atoms with van der Waals surface area (Å²) in [5.41, 5.74) is 2.19. The molecule has 7 heteroatoms. The molecule has 0 bridgehead atoms. The van der Waals surface area contributed by atoms with E-state index >= 15 is 0 Å². The van der Waals surface area contributed by atoms with Gasteiger partial charge in [0.15, 0.2) is 0 Å². The minimum absolute atomic E-state index is 0.0397. The number of hydrogen-bond acceptors (Lipinski definition) is 5. The molecular weight excluding hydrogens is 382 g/mol. The highest BCUT2D eigenvalue weighted by molar-refractivity contribution is 5.99. The van der Waals surface area contributed by atoms with Crippen LogP contribution in [0.15, 0.2) is 47.3 Å². The standard InChI is InChI=1S/C23H19N3O4/c1-14-24-18-4-2-3-17(10-9-15-5-7-16(13-27)8-6-15)21(18)23(30)26(14)19-11-12-20(28)25-22(19)29/h2-8,19,27H,11-13H2,1H3,(H,25,28,29). The second kappa shape index (κ2) is 7.93. The molecule has 2 heterocycles. The van der Waals surface area contributed by atoms with E-state index in [1.54, 1.807) is 49.4 Å². The fourth-order valence-corrected chi connectivity index (χ4v) is 3.59. The van der Waals surface area contributed by atoms with Crippen LogP contribution in [0.5, 0.6) is 0 Å². The van der Waals surface area contributed by atoms with Crippen molar-refractivity contribution < 1.29 is 14.7 Å². The molecule has 1 aliphatic rings. The molecule has 0 saturated carbocycles. The van der Waals surface area contributed by atoms with E-state index in [2.05, 4.69) is 22.1 Å². The van der Waals surface area contributed by atoms with E-state index in [9.17, 15) is 14.4 Å². The third-order valence-electron chi connectivity index (χ3n) is 5.11. The van der Waals surface area contributed by atoms with Gasteiger partial charge < -0.3 is 5.11 Å². The van der Waals surface area contributed by atoms with E-state index in [1.165, 1.54) is 4.57 Å². The number of carbonyl (C=O) groups is 2. The molecule has 1 unspecified atom stereocenters. The Bertz CT molecular complexity index is 1280. The van der Waals surface area contributed by atoms with Gasteiger partial charge in [-0.25, -0.2) is 4.98 Å². The molecule has 1 aliphatic heterocycles. The number of carbonyl (C=O) groups excluding carboxylic acids is 2. The van der Waals surface area contributed by atoms with E-state index in [4.69, 9.17) is 5.11 Å². The van der Waals surface area contributed by atoms with Crippen LogP contribution in [0.4, 0.5) is 0 Å². The number of piperidine rings is 1. The lowest BCUT2D eigenvalue weighted by Gasteiger charge is -2.24. The smallest absolute Gasteiger partial charge is 0.263 e. The zero-order chi connectivity index (χ0) is 21.3. The number of aromatic nitrogens is 2. The van der Waals surface area contributed by atoms with Crippen LogP contribution < -0.4 is 10.9 Å². The molecule has 0 spiro atoms. The Labute approximate surface area is 172 Å². The first-order valence-corrected chi connectivity index (χ1v) is 9.55. The largest absolute Gasteiger partial charge is 0.392 e. The van der Waals surface area contributed by atoms with E-state index in [1.807, 2.05) is 0 Å². The maximum absolute atomic E-state index is 13.4. The van der Waals surface area contributed by atoms with Gasteiger partial charge in [-0.3, -0.25) is 24.3 Å². The summed E-state index contributed by atoms with van der Waals surface area (Å²) in [5.74, 6) is 5.63. The fourth-order valence-electron chi connectivity index (χ4n) is 3.59. The molecule has 1 atom stereocenters. The van der Waals surface area contributed by atoms with Gasteiger partial charge in [0.05, 0.1) is 17.5 Å². The second-order valence-electron chi connectivity index (χ2n) is 7.11. The van der Waals surface area contributed by atoms with Gasteiger partial charge in [-0.2, -0.15) is 0 Å². The Morgan fingerprint density at radius 1 is 1.13 bits per heavy atom. The summed E-state index contributed by atoms with van der Waals surface area (Å²) < 4.78 is 1.35. The lowest BCUT2D eigenvalue weighted by atomic mass is 10.0. The number of nitrogens with one attached hydrogen (secondary N) is 1. The number of amides is 2. The molecule has 2 amide bonds. The zero-order valence-electron chi connectivity index (χ0n) is 16.3. The Kier molecular flexibility index (Phi) is 5.17. The molecule has 0 radical (unpaired) electrons. The summed E-state index contributed by atoms with van der Waals surface area (Å²) in [6, 6.07) is 11.6. The minimum Gasteiger partial charge on any atom is -0.392 e. The predicted octanol–water partition coefficient (Wildman–Crippen LogP) is 1.57. The van der Waals surface area contributed by atoms with Crippen molar-refractivity contribution in [2.24, 2.45) is 0 Å². The fraction of sp³-hybridized carbons (Fsp3) is 0.217. The first-order valence-electron chi connectivity index (χ1n) is 9.55. The number of aryl methyl sites for hydroxylation is 1. The van der Waals surface area contributed by atoms with Crippen LogP contribution >= 0.6 is 0 Å². The van der Waals surface area contributed by atoms with E-state index in [-0.39, 0.29) is 30.9 Å². The van der Waals surface area contributed by atoms with Crippen molar-refractivity contribution in [2.45, 2.75) is 32.4 Å². The number of benzene rings is 2. The first-order chi connectivity index (χ1) is 14.5. The third-order valence-corrected chi connectivity index (χ3v) is 5.11. The van der Waals surface area contributed by atoms with Crippen LogP contribution in [-0.4, -0.2) is 26.5 Å². The number of imide groups is 1. The molecule has 3 aromatic rings. The molecule has 30 heavy (non-hydrogen) atoms. The second-order valence-corrected chi connectivity index (χ2v) is 7.11. The Morgan fingerprint density at radius 3 is 2.60 bits per heavy atom. The van der Waals surface area contributed by atoms with Crippen LogP contribution in [0.1, 0.15) is 41.4 Å². The van der Waals surface area contributed by atoms with Crippen molar-refractivity contribution in [3.05, 3.63) is 75.3 Å². The Morgan fingerprint density at radius 2 is 1.90 bits per heavy atom. The van der Waals surface area contributed by atoms with Gasteiger partial charge in [-0.1, -0.05) is 30.0 Å². The van der Waals surface area contributed by atoms with Gasteiger partial charge in [0.25, 0.3) is 5.56 Å². The van der Waals surface area contributed by atoms with Gasteiger partial charge in [-0.05, 0) is 43.2 Å². The Hall–Kier alpha value is -3.76. The highest BCUT2D eigenvalue weighted by atomic mass is 16.3. The van der Waals surface area contributed by atoms with E-state index in [0.717, 1.165) is 11.1 Å². The summed E-state index contributed by atoms with van der Waals surface area (Å²) in [6.07, 6.45) is 0.426. The zero-order valence-corrected chi connectivity index (χ0v) is 16.3. The molecule has 0 aliphatic carbocycles. The maximum atomic E-state index is 13.4. The molecule has 150 valence electrons. The first kappa shape index (κ1) is 19.6. The highest BCUT2D eigenvalue weighted by Gasteiger charge is 2.30. The van der Waals surface area contributed by atoms with Crippen molar-refractivity contribution >= 4 is 22.7 Å². The van der Waals surface area contributed by atoms with Gasteiger partial charge >= 0.3 is 0 Å². The number of aliphatic hydroxyl groups is 1. The molecular formula is C23H19N3O4. The maximum Gasteiger partial charge on any atom is 0.263 e. The number of hydrogen-bond donors (Lipinski definition) is 2. The van der Waals surface area contributed by atoms with Crippen LogP contribution in [0, 0.1) is 18.8 Å². The monoisotopic (exact) mass is 401 g/mol. The van der Waals surface area contributed by atoms with E-state index < -0.39 is 11.9 Å². The van der Waals surface area contributed by atoms with Gasteiger partial charge in [0.1, 0.15) is 11.9 Å². The van der Waals surface area contributed by atoms with Crippen LogP contribution in [0.25, 0.3) is 10.9 Å². The summed E-state index contributed by atoms with van der Waals surface area (Å²) in [4.78, 5) is 41.7. The van der Waals surface area contributed by atoms with Crippen LogP contribution in [-0.2, 0) is 16.2 Å². The Balaban J connectivity index is 1.82. The van der Waals surface area contributed by atoms with Crippen molar-refractivity contribution in [3.8, 4) is 11.8 Å². The predicted molar refractivity (Wildman–Crippen MR) is 111 cm³/mol. The molecule has 2 N–H and O–H groups in total. The number of nitrogens with zero attached hydrogens (tertiary/aromatic N) is 2. The summed E-state index contributed by atoms with van der Waals surface area (Å²) in [5, 5.41) is 11.8. The summed E-state index contributed by atoms with van der Waals surface area (Å²) in [6.45, 7) is 1.63. The minimum atomic E-state index is -0.779. The molecule has 1 fully saturated rings. The van der Waals surface area contributed by atoms with Gasteiger partial charge in [0, 0.05) is 17.5 Å². The lowest BCUT2D eigenvalue weighted by molar-refractivity contribution is -0.135. The molecule has 7 nitrogen and oxygen atoms in total. The van der Waals surface area contributed by atoms with Crippen molar-refractivity contribution in [1.82, 2.24) is 14.9 Å². The average Bonchev–Trinajstić information content (AvgIpc) is 2.73. The highest BCUT2D eigenvalue weighted by Crippen LogP contribution is 2.21. The summed E-state index contributed by atoms with van der Waals surface area (Å²) in [7, 11) is 0. The van der Waals surface area contributed by atoms with Crippen LogP contribution in [0.3, 0.4) is 0 Å². The molecule has 4 rings (SSSR count). The molecule has 2 aromatic carbocycles. The molecule has 1 aromatic heterocycles.